The molecule has 0 aromatic heterocycles. The molecule has 0 aliphatic heterocycles. The highest BCUT2D eigenvalue weighted by molar-refractivity contribution is 5.92. The second kappa shape index (κ2) is 4.44. The molecule has 2 saturated carbocycles. The highest BCUT2D eigenvalue weighted by Gasteiger charge is 2.55. The average Bonchev–Trinajstić information content (AvgIpc) is 2.28. The van der Waals surface area contributed by atoms with Crippen LogP contribution in [-0.4, -0.2) is 22.8 Å². The van der Waals surface area contributed by atoms with E-state index in [1.54, 1.807) is 0 Å². The van der Waals surface area contributed by atoms with Crippen molar-refractivity contribution in [3.8, 4) is 0 Å². The van der Waals surface area contributed by atoms with Gasteiger partial charge in [0, 0.05) is 24.7 Å². The Labute approximate surface area is 109 Å². The Bertz CT molecular complexity index is 374. The lowest BCUT2D eigenvalue weighted by atomic mass is 9.51. The molecule has 0 unspecified atom stereocenters. The molecule has 102 valence electrons. The number of hydrogen-bond donors (Lipinski definition) is 1. The van der Waals surface area contributed by atoms with Crippen molar-refractivity contribution in [3.05, 3.63) is 0 Å². The highest BCUT2D eigenvalue weighted by Crippen LogP contribution is 2.53. The largest absolute Gasteiger partial charge is 0.392 e. The number of ketones is 2. The first-order chi connectivity index (χ1) is 8.27. The molecule has 0 spiro atoms. The van der Waals surface area contributed by atoms with Crippen molar-refractivity contribution in [2.45, 2.75) is 53.1 Å². The first-order valence-electron chi connectivity index (χ1n) is 7.01. The summed E-state index contributed by atoms with van der Waals surface area (Å²) in [6.45, 7) is 8.25. The third kappa shape index (κ3) is 1.93. The second-order valence-electron chi connectivity index (χ2n) is 6.81. The van der Waals surface area contributed by atoms with Crippen molar-refractivity contribution >= 4 is 11.6 Å². The van der Waals surface area contributed by atoms with Crippen LogP contribution in [0.2, 0.25) is 0 Å². The molecule has 0 amide bonds. The van der Waals surface area contributed by atoms with Crippen LogP contribution in [-0.2, 0) is 9.59 Å². The first kappa shape index (κ1) is 13.7. The Morgan fingerprint density at radius 2 is 1.83 bits per heavy atom. The lowest BCUT2D eigenvalue weighted by molar-refractivity contribution is -0.156. The molecular formula is C15H24O3. The van der Waals surface area contributed by atoms with Crippen molar-refractivity contribution in [2.24, 2.45) is 29.1 Å². The Hall–Kier alpha value is -0.700. The third-order valence-corrected chi connectivity index (χ3v) is 5.50. The van der Waals surface area contributed by atoms with E-state index >= 15 is 0 Å². The monoisotopic (exact) mass is 252 g/mol. The molecule has 2 aliphatic rings. The van der Waals surface area contributed by atoms with Crippen molar-refractivity contribution in [1.29, 1.82) is 0 Å². The molecule has 2 fully saturated rings. The number of fused-ring (bicyclic) bond motifs is 1. The lowest BCUT2D eigenvalue weighted by Gasteiger charge is -2.52. The number of carbonyl (C=O) groups is 2. The maximum absolute atomic E-state index is 12.2. The number of aliphatic hydroxyl groups is 1. The van der Waals surface area contributed by atoms with Gasteiger partial charge in [-0.15, -0.1) is 0 Å². The lowest BCUT2D eigenvalue weighted by Crippen LogP contribution is -2.55. The van der Waals surface area contributed by atoms with Gasteiger partial charge in [0.1, 0.15) is 11.6 Å². The zero-order valence-corrected chi connectivity index (χ0v) is 11.8. The number of Topliss-reactive ketones (excluding diaryl/α,β-unsaturated/α-hetero) is 2. The molecule has 2 aliphatic carbocycles. The van der Waals surface area contributed by atoms with E-state index in [0.29, 0.717) is 12.3 Å². The first-order valence-corrected chi connectivity index (χ1v) is 7.01. The van der Waals surface area contributed by atoms with Crippen LogP contribution in [0.5, 0.6) is 0 Å². The Morgan fingerprint density at radius 3 is 2.39 bits per heavy atom. The fourth-order valence-corrected chi connectivity index (χ4v) is 3.87. The van der Waals surface area contributed by atoms with Crippen molar-refractivity contribution in [1.82, 2.24) is 0 Å². The predicted molar refractivity (Wildman–Crippen MR) is 69.0 cm³/mol. The molecule has 0 saturated heterocycles. The summed E-state index contributed by atoms with van der Waals surface area (Å²) in [6.07, 6.45) is 0.814. The van der Waals surface area contributed by atoms with Crippen LogP contribution in [0.3, 0.4) is 0 Å². The Kier molecular flexibility index (Phi) is 3.39. The molecule has 0 aromatic carbocycles. The molecule has 2 rings (SSSR count). The van der Waals surface area contributed by atoms with E-state index in [-0.39, 0.29) is 41.2 Å². The van der Waals surface area contributed by atoms with E-state index in [1.807, 2.05) is 6.92 Å². The summed E-state index contributed by atoms with van der Waals surface area (Å²) in [5.74, 6) is 0.611. The van der Waals surface area contributed by atoms with E-state index in [4.69, 9.17) is 0 Å². The minimum Gasteiger partial charge on any atom is -0.392 e. The quantitative estimate of drug-likeness (QED) is 0.778. The van der Waals surface area contributed by atoms with Gasteiger partial charge in [-0.2, -0.15) is 0 Å². The van der Waals surface area contributed by atoms with Gasteiger partial charge in [-0.05, 0) is 23.7 Å². The predicted octanol–water partition coefficient (Wildman–Crippen LogP) is 2.21. The van der Waals surface area contributed by atoms with E-state index in [1.165, 1.54) is 0 Å². The van der Waals surface area contributed by atoms with Gasteiger partial charge in [-0.1, -0.05) is 27.7 Å². The highest BCUT2D eigenvalue weighted by atomic mass is 16.3. The van der Waals surface area contributed by atoms with E-state index < -0.39 is 6.10 Å². The molecule has 3 heteroatoms. The second-order valence-corrected chi connectivity index (χ2v) is 6.81. The van der Waals surface area contributed by atoms with Gasteiger partial charge < -0.3 is 5.11 Å². The topological polar surface area (TPSA) is 54.4 Å². The SMILES string of the molecule is CC(C)[C@@H]1C[C@@]2(C)[C@H](CC1=O)C(=O)C[C@@H](O)[C@@H]2C. The zero-order chi connectivity index (χ0) is 13.7. The van der Waals surface area contributed by atoms with Crippen LogP contribution in [0.15, 0.2) is 0 Å². The van der Waals surface area contributed by atoms with Crippen LogP contribution in [0.25, 0.3) is 0 Å². The van der Waals surface area contributed by atoms with E-state index in [9.17, 15) is 14.7 Å². The zero-order valence-electron chi connectivity index (χ0n) is 11.8. The molecular weight excluding hydrogens is 228 g/mol. The minimum absolute atomic E-state index is 0.0480. The fourth-order valence-electron chi connectivity index (χ4n) is 3.87. The summed E-state index contributed by atoms with van der Waals surface area (Å²) in [6, 6.07) is 0. The smallest absolute Gasteiger partial charge is 0.139 e. The van der Waals surface area contributed by atoms with Crippen molar-refractivity contribution in [2.75, 3.05) is 0 Å². The number of rotatable bonds is 1. The summed E-state index contributed by atoms with van der Waals surface area (Å²) in [5.41, 5.74) is -0.211. The van der Waals surface area contributed by atoms with Gasteiger partial charge >= 0.3 is 0 Å². The van der Waals surface area contributed by atoms with Gasteiger partial charge in [0.25, 0.3) is 0 Å². The van der Waals surface area contributed by atoms with Crippen LogP contribution >= 0.6 is 0 Å². The number of carbonyl (C=O) groups excluding carboxylic acids is 2. The molecule has 0 aromatic rings. The van der Waals surface area contributed by atoms with Crippen LogP contribution in [0, 0.1) is 29.1 Å². The molecule has 0 bridgehead atoms. The van der Waals surface area contributed by atoms with Crippen LogP contribution in [0.4, 0.5) is 0 Å². The normalized spacial score (nSPS) is 45.2. The molecule has 5 atom stereocenters. The number of hydrogen-bond acceptors (Lipinski definition) is 3. The third-order valence-electron chi connectivity index (χ3n) is 5.50. The van der Waals surface area contributed by atoms with Gasteiger partial charge in [0.2, 0.25) is 0 Å². The van der Waals surface area contributed by atoms with Crippen LogP contribution in [0.1, 0.15) is 47.0 Å². The maximum atomic E-state index is 12.2. The standard InChI is InChI=1S/C15H24O3/c1-8(2)10-7-15(4)9(3)12(16)6-14(18)11(15)5-13(10)17/h8-12,16H,5-7H2,1-4H3/t9-,10-,11+,12+,15+/m0/s1. The van der Waals surface area contributed by atoms with Gasteiger partial charge in [-0.3, -0.25) is 9.59 Å². The Balaban J connectivity index is 2.33. The summed E-state index contributed by atoms with van der Waals surface area (Å²) < 4.78 is 0. The van der Waals surface area contributed by atoms with Crippen molar-refractivity contribution in [3.63, 3.8) is 0 Å². The fraction of sp³-hybridized carbons (Fsp3) is 0.867. The van der Waals surface area contributed by atoms with E-state index in [0.717, 1.165) is 6.42 Å². The molecule has 18 heavy (non-hydrogen) atoms. The Morgan fingerprint density at radius 1 is 1.22 bits per heavy atom. The maximum Gasteiger partial charge on any atom is 0.139 e. The summed E-state index contributed by atoms with van der Waals surface area (Å²) >= 11 is 0. The van der Waals surface area contributed by atoms with Crippen molar-refractivity contribution < 1.29 is 14.7 Å². The van der Waals surface area contributed by atoms with Gasteiger partial charge in [-0.25, -0.2) is 0 Å². The average molecular weight is 252 g/mol. The summed E-state index contributed by atoms with van der Waals surface area (Å²) in [5, 5.41) is 10.0. The van der Waals surface area contributed by atoms with E-state index in [2.05, 4.69) is 20.8 Å². The minimum atomic E-state index is -0.542. The summed E-state index contributed by atoms with van der Waals surface area (Å²) in [4.78, 5) is 24.3. The molecule has 0 heterocycles. The number of aliphatic hydroxyl groups excluding tert-OH is 1. The summed E-state index contributed by atoms with van der Waals surface area (Å²) in [7, 11) is 0. The van der Waals surface area contributed by atoms with Gasteiger partial charge in [0.15, 0.2) is 0 Å². The molecule has 3 nitrogen and oxygen atoms in total. The molecule has 1 N–H and O–H groups in total. The van der Waals surface area contributed by atoms with Crippen LogP contribution < -0.4 is 0 Å². The molecule has 0 radical (unpaired) electrons. The van der Waals surface area contributed by atoms with Gasteiger partial charge in [0.05, 0.1) is 6.10 Å².